The van der Waals surface area contributed by atoms with Crippen LogP contribution in [0.15, 0.2) is 23.5 Å². The summed E-state index contributed by atoms with van der Waals surface area (Å²) in [5, 5.41) is 10.7. The van der Waals surface area contributed by atoms with Crippen molar-refractivity contribution in [3.63, 3.8) is 0 Å². The van der Waals surface area contributed by atoms with Gasteiger partial charge in [-0.05, 0) is 44.9 Å². The first-order valence-electron chi connectivity index (χ1n) is 11.5. The fraction of sp³-hybridized carbons (Fsp3) is 0.636. The van der Waals surface area contributed by atoms with Gasteiger partial charge in [-0.1, -0.05) is 11.6 Å². The third-order valence-corrected chi connectivity index (χ3v) is 9.37. The van der Waals surface area contributed by atoms with Gasteiger partial charge in [-0.2, -0.15) is 4.98 Å². The van der Waals surface area contributed by atoms with E-state index in [-0.39, 0.29) is 12.1 Å². The summed E-state index contributed by atoms with van der Waals surface area (Å²) in [5.74, 6) is 3.23. The first-order valence-corrected chi connectivity index (χ1v) is 13.2. The Kier molecular flexibility index (Phi) is 5.11. The minimum atomic E-state index is -1.09. The summed E-state index contributed by atoms with van der Waals surface area (Å²) in [5.41, 5.74) is -0.261. The number of aliphatic hydroxyl groups excluding tert-OH is 1. The molecule has 10 heteroatoms. The molecule has 2 aromatic rings. The molecule has 3 aliphatic heterocycles. The van der Waals surface area contributed by atoms with Crippen LogP contribution in [0.25, 0.3) is 0 Å². The molecule has 1 aliphatic carbocycles. The molecule has 3 fully saturated rings. The predicted octanol–water partition coefficient (Wildman–Crippen LogP) is 2.68. The zero-order valence-corrected chi connectivity index (χ0v) is 19.4. The molecule has 3 atom stereocenters. The number of aromatic nitrogens is 4. The first-order chi connectivity index (χ1) is 15.6. The van der Waals surface area contributed by atoms with Crippen LogP contribution in [0.2, 0.25) is 5.02 Å². The number of aliphatic hydroxyl groups is 1. The molecule has 1 saturated carbocycles. The largest absolute Gasteiger partial charge is 0.394 e. The maximum Gasteiger partial charge on any atom is 0.227 e. The third kappa shape index (κ3) is 3.23. The summed E-state index contributed by atoms with van der Waals surface area (Å²) in [4.78, 5) is 23.9. The lowest BCUT2D eigenvalue weighted by Gasteiger charge is -2.51. The number of rotatable bonds is 4. The van der Waals surface area contributed by atoms with Crippen LogP contribution in [0.5, 0.6) is 0 Å². The van der Waals surface area contributed by atoms with Gasteiger partial charge in [-0.3, -0.25) is 4.21 Å². The molecule has 6 rings (SSSR count). The Morgan fingerprint density at radius 2 is 1.84 bits per heavy atom. The van der Waals surface area contributed by atoms with Gasteiger partial charge in [0.1, 0.15) is 5.82 Å². The average Bonchev–Trinajstić information content (AvgIpc) is 3.04. The van der Waals surface area contributed by atoms with Crippen molar-refractivity contribution >= 4 is 34.2 Å². The predicted molar refractivity (Wildman–Crippen MR) is 123 cm³/mol. The Morgan fingerprint density at radius 1 is 1.12 bits per heavy atom. The number of piperidine rings is 1. The highest BCUT2D eigenvalue weighted by Gasteiger charge is 2.47. The van der Waals surface area contributed by atoms with Gasteiger partial charge in [-0.15, -0.1) is 0 Å². The summed E-state index contributed by atoms with van der Waals surface area (Å²) in [6.45, 7) is 0.773. The van der Waals surface area contributed by atoms with E-state index in [1.165, 1.54) is 0 Å². The summed E-state index contributed by atoms with van der Waals surface area (Å²) >= 11 is 5.97. The van der Waals surface area contributed by atoms with E-state index in [2.05, 4.69) is 24.8 Å². The molecule has 0 aromatic carbocycles. The lowest BCUT2D eigenvalue weighted by atomic mass is 9.76. The van der Waals surface area contributed by atoms with Gasteiger partial charge in [0.2, 0.25) is 5.95 Å². The molecule has 0 spiro atoms. The van der Waals surface area contributed by atoms with Crippen LogP contribution in [0.3, 0.4) is 0 Å². The van der Waals surface area contributed by atoms with E-state index in [1.54, 1.807) is 18.6 Å². The van der Waals surface area contributed by atoms with Gasteiger partial charge in [0.05, 0.1) is 39.1 Å². The molecule has 2 bridgehead atoms. The van der Waals surface area contributed by atoms with Gasteiger partial charge >= 0.3 is 0 Å². The zero-order chi connectivity index (χ0) is 21.9. The third-order valence-electron chi connectivity index (χ3n) is 7.85. The molecular weight excluding hydrogens is 448 g/mol. The molecule has 0 amide bonds. The van der Waals surface area contributed by atoms with Crippen LogP contribution in [0.4, 0.5) is 11.8 Å². The summed E-state index contributed by atoms with van der Waals surface area (Å²) < 4.78 is 12.7. The molecule has 1 N–H and O–H groups in total. The summed E-state index contributed by atoms with van der Waals surface area (Å²) in [6.07, 6.45) is 12.3. The van der Waals surface area contributed by atoms with Gasteiger partial charge in [0.25, 0.3) is 0 Å². The summed E-state index contributed by atoms with van der Waals surface area (Å²) in [7, 11) is -1.09. The summed E-state index contributed by atoms with van der Waals surface area (Å²) in [6, 6.07) is 0.684. The number of halogens is 1. The van der Waals surface area contributed by atoms with Crippen molar-refractivity contribution in [2.75, 3.05) is 28.7 Å². The van der Waals surface area contributed by atoms with Crippen LogP contribution in [0.1, 0.15) is 56.7 Å². The number of hydrogen-bond acceptors (Lipinski definition) is 8. The quantitative estimate of drug-likeness (QED) is 0.722. The molecule has 0 radical (unpaired) electrons. The van der Waals surface area contributed by atoms with Crippen LogP contribution >= 0.6 is 11.6 Å². The number of hydrogen-bond donors (Lipinski definition) is 1. The van der Waals surface area contributed by atoms with Crippen LogP contribution in [-0.2, 0) is 10.8 Å². The second-order valence-corrected chi connectivity index (χ2v) is 11.5. The van der Waals surface area contributed by atoms with E-state index < -0.39 is 10.8 Å². The van der Waals surface area contributed by atoms with Crippen molar-refractivity contribution in [3.8, 4) is 0 Å². The fourth-order valence-electron chi connectivity index (χ4n) is 6.03. The Morgan fingerprint density at radius 3 is 2.47 bits per heavy atom. The molecule has 5 heterocycles. The highest BCUT2D eigenvalue weighted by molar-refractivity contribution is 7.85. The van der Waals surface area contributed by atoms with E-state index in [9.17, 15) is 9.32 Å². The van der Waals surface area contributed by atoms with E-state index in [0.29, 0.717) is 40.2 Å². The zero-order valence-electron chi connectivity index (χ0n) is 17.9. The Bertz CT molecular complexity index is 1030. The first kappa shape index (κ1) is 20.7. The van der Waals surface area contributed by atoms with Gasteiger partial charge in [-0.25, -0.2) is 15.0 Å². The maximum atomic E-state index is 12.7. The minimum Gasteiger partial charge on any atom is -0.394 e. The SMILES string of the molecule is O=[S@]1CCN(C2(CO)CCC2)c2nc(N3C4CCC3CC(c3ncc(Cl)cn3)C4)ncc21. The van der Waals surface area contributed by atoms with E-state index in [1.807, 2.05) is 0 Å². The second-order valence-electron chi connectivity index (χ2n) is 9.52. The van der Waals surface area contributed by atoms with Crippen LogP contribution < -0.4 is 9.80 Å². The molecule has 32 heavy (non-hydrogen) atoms. The standard InChI is InChI=1S/C22H27ClN6O2S/c23-15-10-24-19(25-11-15)14-8-16-2-3-17(9-14)29(16)21-26-12-18-20(27-21)28(6-7-32(18)31)22(13-30)4-1-5-22/h10-12,14,16-17,30H,1-9,13H2/t14?,16?,17?,32-/m0/s1. The smallest absolute Gasteiger partial charge is 0.227 e. The minimum absolute atomic E-state index is 0.107. The van der Waals surface area contributed by atoms with Crippen LogP contribution in [-0.4, -0.2) is 65.8 Å². The lowest BCUT2D eigenvalue weighted by molar-refractivity contribution is 0.115. The van der Waals surface area contributed by atoms with E-state index in [0.717, 1.165) is 62.5 Å². The van der Waals surface area contributed by atoms with Gasteiger partial charge in [0, 0.05) is 42.7 Å². The van der Waals surface area contributed by atoms with Crippen molar-refractivity contribution in [3.05, 3.63) is 29.4 Å². The molecule has 8 nitrogen and oxygen atoms in total. The highest BCUT2D eigenvalue weighted by atomic mass is 35.5. The topological polar surface area (TPSA) is 95.3 Å². The molecule has 2 unspecified atom stereocenters. The normalized spacial score (nSPS) is 30.7. The number of nitrogens with zero attached hydrogens (tertiary/aromatic N) is 6. The Hall–Kier alpha value is -1.84. The van der Waals surface area contributed by atoms with Gasteiger partial charge < -0.3 is 14.9 Å². The molecule has 170 valence electrons. The van der Waals surface area contributed by atoms with Crippen LogP contribution in [0, 0.1) is 0 Å². The van der Waals surface area contributed by atoms with Crippen molar-refractivity contribution in [2.45, 2.75) is 73.4 Å². The number of anilines is 2. The fourth-order valence-corrected chi connectivity index (χ4v) is 7.22. The number of fused-ring (bicyclic) bond motifs is 3. The Labute approximate surface area is 194 Å². The molecule has 4 aliphatic rings. The lowest BCUT2D eigenvalue weighted by Crippen LogP contribution is -2.59. The van der Waals surface area contributed by atoms with E-state index in [4.69, 9.17) is 16.6 Å². The second kappa shape index (κ2) is 7.88. The molecule has 2 saturated heterocycles. The van der Waals surface area contributed by atoms with Crippen molar-refractivity contribution in [1.29, 1.82) is 0 Å². The van der Waals surface area contributed by atoms with Crippen molar-refractivity contribution in [1.82, 2.24) is 19.9 Å². The maximum absolute atomic E-state index is 12.7. The van der Waals surface area contributed by atoms with Gasteiger partial charge in [0.15, 0.2) is 5.82 Å². The average molecular weight is 475 g/mol. The monoisotopic (exact) mass is 474 g/mol. The molecular formula is C22H27ClN6O2S. The van der Waals surface area contributed by atoms with Crippen molar-refractivity contribution in [2.24, 2.45) is 0 Å². The highest BCUT2D eigenvalue weighted by Crippen LogP contribution is 2.46. The Balaban J connectivity index is 1.31. The van der Waals surface area contributed by atoms with E-state index >= 15 is 0 Å². The molecule has 2 aromatic heterocycles. The van der Waals surface area contributed by atoms with Crippen molar-refractivity contribution < 1.29 is 9.32 Å².